The second kappa shape index (κ2) is 8.77. The van der Waals surface area contributed by atoms with Gasteiger partial charge in [0.1, 0.15) is 5.60 Å². The first kappa shape index (κ1) is 19.3. The highest BCUT2D eigenvalue weighted by molar-refractivity contribution is 5.68. The maximum atomic E-state index is 11.8. The summed E-state index contributed by atoms with van der Waals surface area (Å²) in [4.78, 5) is 11.8. The summed E-state index contributed by atoms with van der Waals surface area (Å²) in [7, 11) is 1.70. The first-order valence-corrected chi connectivity index (χ1v) is 8.03. The van der Waals surface area contributed by atoms with Crippen LogP contribution in [0, 0.1) is 5.92 Å². The molecule has 1 aromatic carbocycles. The van der Waals surface area contributed by atoms with Crippen LogP contribution in [0.4, 0.5) is 10.5 Å². The number of anilines is 1. The van der Waals surface area contributed by atoms with Crippen LogP contribution in [0.2, 0.25) is 0 Å². The monoisotopic (exact) mass is 322 g/mol. The molecule has 0 aliphatic rings. The van der Waals surface area contributed by atoms with Crippen molar-refractivity contribution in [1.29, 1.82) is 0 Å². The molecule has 0 spiro atoms. The number of carbonyl (C=O) groups is 1. The normalized spacial score (nSPS) is 12.8. The van der Waals surface area contributed by atoms with Gasteiger partial charge in [-0.15, -0.1) is 0 Å². The van der Waals surface area contributed by atoms with Gasteiger partial charge in [0.15, 0.2) is 0 Å². The number of nitrogens with one attached hydrogen (secondary N) is 2. The fraction of sp³-hybridized carbons (Fsp3) is 0.611. The largest absolute Gasteiger partial charge is 0.444 e. The Morgan fingerprint density at radius 3 is 2.43 bits per heavy atom. The lowest BCUT2D eigenvalue weighted by Gasteiger charge is -2.24. The number of rotatable bonds is 7. The SMILES string of the molecule is COCC(Nc1ccccc1CNC(=O)OC(C)(C)C)C(C)C. The van der Waals surface area contributed by atoms with E-state index in [4.69, 9.17) is 9.47 Å². The minimum absolute atomic E-state index is 0.211. The summed E-state index contributed by atoms with van der Waals surface area (Å²) in [5.41, 5.74) is 1.52. The van der Waals surface area contributed by atoms with E-state index in [9.17, 15) is 4.79 Å². The van der Waals surface area contributed by atoms with Crippen molar-refractivity contribution in [3.63, 3.8) is 0 Å². The Hall–Kier alpha value is -1.75. The lowest BCUT2D eigenvalue weighted by atomic mass is 10.0. The van der Waals surface area contributed by atoms with Gasteiger partial charge in [0, 0.05) is 19.3 Å². The molecule has 0 saturated carbocycles. The number of alkyl carbamates (subject to hydrolysis) is 1. The third-order valence-electron chi connectivity index (χ3n) is 3.33. The molecule has 0 heterocycles. The molecule has 130 valence electrons. The summed E-state index contributed by atoms with van der Waals surface area (Å²) in [5.74, 6) is 0.432. The zero-order valence-electron chi connectivity index (χ0n) is 15.1. The Kier molecular flexibility index (Phi) is 7.36. The van der Waals surface area contributed by atoms with Crippen molar-refractivity contribution < 1.29 is 14.3 Å². The molecule has 2 N–H and O–H groups in total. The first-order valence-electron chi connectivity index (χ1n) is 8.03. The van der Waals surface area contributed by atoms with Gasteiger partial charge in [0.2, 0.25) is 0 Å². The molecule has 0 fully saturated rings. The van der Waals surface area contributed by atoms with E-state index < -0.39 is 11.7 Å². The molecule has 23 heavy (non-hydrogen) atoms. The second-order valence-corrected chi connectivity index (χ2v) is 6.96. The van der Waals surface area contributed by atoms with Crippen LogP contribution in [0.5, 0.6) is 0 Å². The Morgan fingerprint density at radius 2 is 1.87 bits per heavy atom. The molecule has 1 amide bonds. The molecule has 0 saturated heterocycles. The van der Waals surface area contributed by atoms with Crippen LogP contribution in [0.1, 0.15) is 40.2 Å². The van der Waals surface area contributed by atoms with E-state index >= 15 is 0 Å². The molecule has 1 unspecified atom stereocenters. The Labute approximate surface area is 139 Å². The predicted molar refractivity (Wildman–Crippen MR) is 93.6 cm³/mol. The van der Waals surface area contributed by atoms with E-state index in [1.165, 1.54) is 0 Å². The van der Waals surface area contributed by atoms with Crippen molar-refractivity contribution in [2.24, 2.45) is 5.92 Å². The van der Waals surface area contributed by atoms with Crippen molar-refractivity contribution in [1.82, 2.24) is 5.32 Å². The molecule has 0 radical (unpaired) electrons. The van der Waals surface area contributed by atoms with Crippen LogP contribution in [-0.4, -0.2) is 31.5 Å². The third-order valence-corrected chi connectivity index (χ3v) is 3.33. The third kappa shape index (κ3) is 7.37. The minimum atomic E-state index is -0.497. The summed E-state index contributed by atoms with van der Waals surface area (Å²) in [6, 6.07) is 8.14. The number of hydrogen-bond acceptors (Lipinski definition) is 4. The number of methoxy groups -OCH3 is 1. The molecule has 0 bridgehead atoms. The molecule has 1 atom stereocenters. The van der Waals surface area contributed by atoms with Crippen molar-refractivity contribution in [3.05, 3.63) is 29.8 Å². The summed E-state index contributed by atoms with van der Waals surface area (Å²) in [6.07, 6.45) is -0.412. The average molecular weight is 322 g/mol. The lowest BCUT2D eigenvalue weighted by Crippen LogP contribution is -2.33. The second-order valence-electron chi connectivity index (χ2n) is 6.96. The Morgan fingerprint density at radius 1 is 1.22 bits per heavy atom. The first-order chi connectivity index (χ1) is 10.7. The Bertz CT molecular complexity index is 495. The summed E-state index contributed by atoms with van der Waals surface area (Å²) in [6.45, 7) is 10.9. The molecule has 0 aliphatic heterocycles. The average Bonchev–Trinajstić information content (AvgIpc) is 2.44. The van der Waals surface area contributed by atoms with E-state index in [0.717, 1.165) is 11.3 Å². The van der Waals surface area contributed by atoms with Crippen molar-refractivity contribution >= 4 is 11.8 Å². The molecule has 0 aliphatic carbocycles. The predicted octanol–water partition coefficient (Wildman–Crippen LogP) is 3.79. The maximum absolute atomic E-state index is 11.8. The number of benzene rings is 1. The number of para-hydroxylation sites is 1. The minimum Gasteiger partial charge on any atom is -0.444 e. The fourth-order valence-corrected chi connectivity index (χ4v) is 2.08. The molecule has 1 aromatic rings. The number of carbonyl (C=O) groups excluding carboxylic acids is 1. The highest BCUT2D eigenvalue weighted by Crippen LogP contribution is 2.19. The zero-order valence-corrected chi connectivity index (χ0v) is 15.1. The summed E-state index contributed by atoms with van der Waals surface area (Å²) < 4.78 is 10.5. The molecule has 0 aromatic heterocycles. The van der Waals surface area contributed by atoms with Crippen molar-refractivity contribution in [2.45, 2.75) is 52.8 Å². The van der Waals surface area contributed by atoms with Gasteiger partial charge in [-0.1, -0.05) is 32.0 Å². The maximum Gasteiger partial charge on any atom is 0.407 e. The van der Waals surface area contributed by atoms with E-state index in [1.54, 1.807) is 7.11 Å². The van der Waals surface area contributed by atoms with Gasteiger partial charge in [0.05, 0.1) is 12.6 Å². The van der Waals surface area contributed by atoms with Gasteiger partial charge < -0.3 is 20.1 Å². The van der Waals surface area contributed by atoms with Crippen LogP contribution in [-0.2, 0) is 16.0 Å². The number of amides is 1. The van der Waals surface area contributed by atoms with E-state index in [0.29, 0.717) is 19.1 Å². The standard InChI is InChI=1S/C18H30N2O3/c1-13(2)16(12-22-6)20-15-10-8-7-9-14(15)11-19-17(21)23-18(3,4)5/h7-10,13,16,20H,11-12H2,1-6H3,(H,19,21). The van der Waals surface area contributed by atoms with Crippen LogP contribution >= 0.6 is 0 Å². The van der Waals surface area contributed by atoms with E-state index in [-0.39, 0.29) is 6.04 Å². The van der Waals surface area contributed by atoms with Crippen LogP contribution in [0.25, 0.3) is 0 Å². The van der Waals surface area contributed by atoms with E-state index in [1.807, 2.05) is 45.0 Å². The lowest BCUT2D eigenvalue weighted by molar-refractivity contribution is 0.0523. The van der Waals surface area contributed by atoms with Gasteiger partial charge in [-0.05, 0) is 38.3 Å². The molecular formula is C18H30N2O3. The van der Waals surface area contributed by atoms with Gasteiger partial charge in [-0.25, -0.2) is 4.79 Å². The fourth-order valence-electron chi connectivity index (χ4n) is 2.08. The van der Waals surface area contributed by atoms with Crippen molar-refractivity contribution in [2.75, 3.05) is 19.0 Å². The van der Waals surface area contributed by atoms with Gasteiger partial charge in [-0.3, -0.25) is 0 Å². The van der Waals surface area contributed by atoms with Gasteiger partial charge >= 0.3 is 6.09 Å². The summed E-state index contributed by atoms with van der Waals surface area (Å²) in [5, 5.41) is 6.30. The topological polar surface area (TPSA) is 59.6 Å². The van der Waals surface area contributed by atoms with Crippen LogP contribution in [0.3, 0.4) is 0 Å². The van der Waals surface area contributed by atoms with Crippen molar-refractivity contribution in [3.8, 4) is 0 Å². The highest BCUT2D eigenvalue weighted by atomic mass is 16.6. The zero-order chi connectivity index (χ0) is 17.5. The summed E-state index contributed by atoms with van der Waals surface area (Å²) >= 11 is 0. The highest BCUT2D eigenvalue weighted by Gasteiger charge is 2.17. The van der Waals surface area contributed by atoms with Crippen LogP contribution in [0.15, 0.2) is 24.3 Å². The van der Waals surface area contributed by atoms with Gasteiger partial charge in [0.25, 0.3) is 0 Å². The van der Waals surface area contributed by atoms with Gasteiger partial charge in [-0.2, -0.15) is 0 Å². The molecule has 5 nitrogen and oxygen atoms in total. The number of ether oxygens (including phenoxy) is 2. The van der Waals surface area contributed by atoms with E-state index in [2.05, 4.69) is 24.5 Å². The smallest absolute Gasteiger partial charge is 0.407 e. The number of hydrogen-bond donors (Lipinski definition) is 2. The molecular weight excluding hydrogens is 292 g/mol. The Balaban J connectivity index is 2.71. The molecule has 5 heteroatoms. The van der Waals surface area contributed by atoms with Crippen LogP contribution < -0.4 is 10.6 Å². The molecule has 1 rings (SSSR count). The quantitative estimate of drug-likeness (QED) is 0.802.